The predicted molar refractivity (Wildman–Crippen MR) is 83.8 cm³/mol. The van der Waals surface area contributed by atoms with Crippen LogP contribution in [-0.2, 0) is 11.2 Å². The second kappa shape index (κ2) is 6.83. The fourth-order valence-electron chi connectivity index (χ4n) is 2.13. The molecule has 0 aliphatic heterocycles. The van der Waals surface area contributed by atoms with Crippen LogP contribution in [0.2, 0.25) is 5.02 Å². The molecule has 1 aromatic carbocycles. The largest absolute Gasteiger partial charge is 0.479 e. The maximum absolute atomic E-state index is 11.7. The summed E-state index contributed by atoms with van der Waals surface area (Å²) in [6.45, 7) is 3.47. The molecule has 0 saturated carbocycles. The van der Waals surface area contributed by atoms with E-state index in [1.54, 1.807) is 6.07 Å². The van der Waals surface area contributed by atoms with Crippen LogP contribution in [0.1, 0.15) is 32.3 Å². The van der Waals surface area contributed by atoms with Crippen LogP contribution >= 0.6 is 11.6 Å². The molecule has 5 nitrogen and oxygen atoms in total. The highest BCUT2D eigenvalue weighted by molar-refractivity contribution is 6.32. The summed E-state index contributed by atoms with van der Waals surface area (Å²) >= 11 is 6.16. The molecule has 0 spiro atoms. The highest BCUT2D eigenvalue weighted by Gasteiger charge is 2.16. The smallest absolute Gasteiger partial charge is 0.344 e. The van der Waals surface area contributed by atoms with Gasteiger partial charge in [0.2, 0.25) is 0 Å². The van der Waals surface area contributed by atoms with Crippen LogP contribution in [0.15, 0.2) is 27.4 Å². The van der Waals surface area contributed by atoms with Crippen molar-refractivity contribution in [3.05, 3.63) is 39.2 Å². The van der Waals surface area contributed by atoms with Crippen molar-refractivity contribution in [2.45, 2.75) is 39.2 Å². The van der Waals surface area contributed by atoms with Gasteiger partial charge >= 0.3 is 11.6 Å². The number of benzene rings is 1. The molecule has 0 aliphatic carbocycles. The van der Waals surface area contributed by atoms with E-state index in [4.69, 9.17) is 25.9 Å². The summed E-state index contributed by atoms with van der Waals surface area (Å²) in [6.07, 6.45) is 1.66. The number of carboxylic acids is 1. The minimum Gasteiger partial charge on any atom is -0.479 e. The molecule has 22 heavy (non-hydrogen) atoms. The SMILES string of the molecule is CCCCc1cc(=O)oc2cc(O[C@H](C)C(=O)O)c(Cl)cc12. The van der Waals surface area contributed by atoms with Gasteiger partial charge in [-0.15, -0.1) is 0 Å². The zero-order chi connectivity index (χ0) is 16.3. The van der Waals surface area contributed by atoms with Crippen LogP contribution < -0.4 is 10.4 Å². The van der Waals surface area contributed by atoms with E-state index in [1.807, 2.05) is 0 Å². The average Bonchev–Trinajstić information content (AvgIpc) is 2.46. The molecular formula is C16H17ClO5. The molecular weight excluding hydrogens is 308 g/mol. The molecule has 1 atom stereocenters. The normalized spacial score (nSPS) is 12.3. The first kappa shape index (κ1) is 16.4. The number of aryl methyl sites for hydroxylation is 1. The molecule has 1 aromatic heterocycles. The second-order valence-electron chi connectivity index (χ2n) is 5.07. The van der Waals surface area contributed by atoms with Crippen LogP contribution in [-0.4, -0.2) is 17.2 Å². The summed E-state index contributed by atoms with van der Waals surface area (Å²) in [6, 6.07) is 4.58. The van der Waals surface area contributed by atoms with Crippen molar-refractivity contribution in [2.24, 2.45) is 0 Å². The van der Waals surface area contributed by atoms with Gasteiger partial charge in [0.15, 0.2) is 6.10 Å². The Balaban J connectivity index is 2.49. The monoisotopic (exact) mass is 324 g/mol. The maximum Gasteiger partial charge on any atom is 0.344 e. The summed E-state index contributed by atoms with van der Waals surface area (Å²) in [5, 5.41) is 9.92. The van der Waals surface area contributed by atoms with Gasteiger partial charge in [0.1, 0.15) is 11.3 Å². The van der Waals surface area contributed by atoms with Gasteiger partial charge in [0, 0.05) is 17.5 Å². The molecule has 1 heterocycles. The summed E-state index contributed by atoms with van der Waals surface area (Å²) in [5.41, 5.74) is 0.765. The van der Waals surface area contributed by atoms with Gasteiger partial charge in [-0.25, -0.2) is 9.59 Å². The molecule has 0 aliphatic rings. The molecule has 0 saturated heterocycles. The van der Waals surface area contributed by atoms with Crippen molar-refractivity contribution in [3.8, 4) is 5.75 Å². The van der Waals surface area contributed by atoms with E-state index in [0.29, 0.717) is 5.58 Å². The fourth-order valence-corrected chi connectivity index (χ4v) is 2.34. The zero-order valence-electron chi connectivity index (χ0n) is 12.4. The van der Waals surface area contributed by atoms with Crippen LogP contribution in [0.3, 0.4) is 0 Å². The molecule has 6 heteroatoms. The summed E-state index contributed by atoms with van der Waals surface area (Å²) in [4.78, 5) is 22.5. The number of unbranched alkanes of at least 4 members (excludes halogenated alkanes) is 1. The van der Waals surface area contributed by atoms with Crippen molar-refractivity contribution in [1.82, 2.24) is 0 Å². The van der Waals surface area contributed by atoms with E-state index in [9.17, 15) is 9.59 Å². The molecule has 2 aromatic rings. The Kier molecular flexibility index (Phi) is 5.08. The lowest BCUT2D eigenvalue weighted by Crippen LogP contribution is -2.23. The molecule has 0 bridgehead atoms. The van der Waals surface area contributed by atoms with E-state index >= 15 is 0 Å². The van der Waals surface area contributed by atoms with Crippen LogP contribution in [0.25, 0.3) is 11.0 Å². The molecule has 1 N–H and O–H groups in total. The van der Waals surface area contributed by atoms with Crippen LogP contribution in [0.4, 0.5) is 0 Å². The number of fused-ring (bicyclic) bond motifs is 1. The molecule has 2 rings (SSSR count). The molecule has 0 fully saturated rings. The van der Waals surface area contributed by atoms with Gasteiger partial charge < -0.3 is 14.3 Å². The zero-order valence-corrected chi connectivity index (χ0v) is 13.1. The van der Waals surface area contributed by atoms with Gasteiger partial charge in [-0.3, -0.25) is 0 Å². The van der Waals surface area contributed by atoms with Crippen molar-refractivity contribution >= 4 is 28.5 Å². The fraction of sp³-hybridized carbons (Fsp3) is 0.375. The Hall–Kier alpha value is -2.01. The van der Waals surface area contributed by atoms with Crippen molar-refractivity contribution in [1.29, 1.82) is 0 Å². The highest BCUT2D eigenvalue weighted by atomic mass is 35.5. The first-order chi connectivity index (χ1) is 10.4. The standard InChI is InChI=1S/C16H17ClO5/c1-3-4-5-10-6-15(18)22-13-8-14(12(17)7-11(10)13)21-9(2)16(19)20/h6-9H,3-5H2,1-2H3,(H,19,20)/t9-/m1/s1. The number of aliphatic carboxylic acids is 1. The predicted octanol–water partition coefficient (Wildman–Crippen LogP) is 3.64. The summed E-state index contributed by atoms with van der Waals surface area (Å²) in [5.74, 6) is -0.922. The number of hydrogen-bond acceptors (Lipinski definition) is 4. The van der Waals surface area contributed by atoms with Crippen molar-refractivity contribution in [2.75, 3.05) is 0 Å². The Morgan fingerprint density at radius 1 is 1.41 bits per heavy atom. The Bertz CT molecular complexity index is 750. The molecule has 0 amide bonds. The van der Waals surface area contributed by atoms with Gasteiger partial charge in [-0.1, -0.05) is 24.9 Å². The van der Waals surface area contributed by atoms with E-state index in [1.165, 1.54) is 19.1 Å². The van der Waals surface area contributed by atoms with Gasteiger partial charge in [0.25, 0.3) is 0 Å². The van der Waals surface area contributed by atoms with Crippen LogP contribution in [0, 0.1) is 0 Å². The highest BCUT2D eigenvalue weighted by Crippen LogP contribution is 2.32. The van der Waals surface area contributed by atoms with E-state index < -0.39 is 17.7 Å². The number of ether oxygens (including phenoxy) is 1. The minimum absolute atomic E-state index is 0.180. The van der Waals surface area contributed by atoms with Gasteiger partial charge in [0.05, 0.1) is 5.02 Å². The Labute approximate surface area is 132 Å². The third kappa shape index (κ3) is 3.60. The number of halogens is 1. The lowest BCUT2D eigenvalue weighted by Gasteiger charge is -2.13. The summed E-state index contributed by atoms with van der Waals surface area (Å²) in [7, 11) is 0. The first-order valence-corrected chi connectivity index (χ1v) is 7.46. The van der Waals surface area contributed by atoms with Crippen molar-refractivity contribution < 1.29 is 19.1 Å². The number of hydrogen-bond donors (Lipinski definition) is 1. The first-order valence-electron chi connectivity index (χ1n) is 7.08. The minimum atomic E-state index is -1.10. The number of carboxylic acid groups (broad SMARTS) is 1. The third-order valence-electron chi connectivity index (χ3n) is 3.33. The Morgan fingerprint density at radius 3 is 2.77 bits per heavy atom. The Morgan fingerprint density at radius 2 is 2.14 bits per heavy atom. The maximum atomic E-state index is 11.7. The molecule has 0 radical (unpaired) electrons. The van der Waals surface area contributed by atoms with E-state index in [-0.39, 0.29) is 10.8 Å². The van der Waals surface area contributed by atoms with Crippen LogP contribution in [0.5, 0.6) is 5.75 Å². The van der Waals surface area contributed by atoms with Gasteiger partial charge in [-0.05, 0) is 31.4 Å². The van der Waals surface area contributed by atoms with Gasteiger partial charge in [-0.2, -0.15) is 0 Å². The topological polar surface area (TPSA) is 76.7 Å². The third-order valence-corrected chi connectivity index (χ3v) is 3.63. The average molecular weight is 325 g/mol. The number of rotatable bonds is 6. The lowest BCUT2D eigenvalue weighted by molar-refractivity contribution is -0.144. The van der Waals surface area contributed by atoms with E-state index in [2.05, 4.69) is 6.92 Å². The van der Waals surface area contributed by atoms with E-state index in [0.717, 1.165) is 30.2 Å². The summed E-state index contributed by atoms with van der Waals surface area (Å²) < 4.78 is 10.5. The van der Waals surface area contributed by atoms with Crippen molar-refractivity contribution in [3.63, 3.8) is 0 Å². The molecule has 0 unspecified atom stereocenters. The second-order valence-corrected chi connectivity index (χ2v) is 5.48. The molecule has 118 valence electrons. The lowest BCUT2D eigenvalue weighted by atomic mass is 10.0. The number of carbonyl (C=O) groups is 1. The quantitative estimate of drug-likeness (QED) is 0.821.